The van der Waals surface area contributed by atoms with Crippen LogP contribution in [-0.4, -0.2) is 34.6 Å². The molecule has 4 aromatic rings. The van der Waals surface area contributed by atoms with Crippen LogP contribution in [0.15, 0.2) is 90.2 Å². The van der Waals surface area contributed by atoms with E-state index in [0.29, 0.717) is 18.1 Å². The molecule has 0 aliphatic rings. The highest BCUT2D eigenvalue weighted by Crippen LogP contribution is 2.24. The minimum Gasteiger partial charge on any atom is -0.487 e. The van der Waals surface area contributed by atoms with Gasteiger partial charge in [-0.1, -0.05) is 59.8 Å². The van der Waals surface area contributed by atoms with Gasteiger partial charge in [0, 0.05) is 29.2 Å². The highest BCUT2D eigenvalue weighted by molar-refractivity contribution is 6.11. The quantitative estimate of drug-likeness (QED) is 0.264. The molecular formula is C27H26N2O4. The van der Waals surface area contributed by atoms with Crippen LogP contribution in [0.5, 0.6) is 5.75 Å². The molecule has 3 aromatic carbocycles. The molecule has 0 saturated heterocycles. The van der Waals surface area contributed by atoms with E-state index < -0.39 is 5.97 Å². The van der Waals surface area contributed by atoms with E-state index in [1.807, 2.05) is 25.1 Å². The van der Waals surface area contributed by atoms with Crippen LogP contribution in [0.4, 0.5) is 0 Å². The first-order chi connectivity index (χ1) is 16.2. The normalized spacial score (nSPS) is 11.5. The largest absolute Gasteiger partial charge is 0.487 e. The van der Waals surface area contributed by atoms with E-state index >= 15 is 0 Å². The number of nitrogens with zero attached hydrogens (tertiary/aromatic N) is 2. The summed E-state index contributed by atoms with van der Waals surface area (Å²) >= 11 is 0. The Morgan fingerprint density at radius 1 is 1.00 bits per heavy atom. The van der Waals surface area contributed by atoms with Crippen LogP contribution in [0.3, 0.4) is 0 Å². The number of fused-ring (bicyclic) bond motifs is 1. The molecular weight excluding hydrogens is 416 g/mol. The van der Waals surface area contributed by atoms with E-state index in [-0.39, 0.29) is 12.2 Å². The van der Waals surface area contributed by atoms with Crippen LogP contribution in [0.1, 0.15) is 28.4 Å². The Hall–Kier alpha value is -4.06. The van der Waals surface area contributed by atoms with Gasteiger partial charge in [-0.2, -0.15) is 0 Å². The maximum absolute atomic E-state index is 11.3. The van der Waals surface area contributed by atoms with Gasteiger partial charge in [0.2, 0.25) is 0 Å². The van der Waals surface area contributed by atoms with E-state index in [1.54, 1.807) is 12.1 Å². The van der Waals surface area contributed by atoms with Gasteiger partial charge in [0.15, 0.2) is 0 Å². The molecule has 0 saturated carbocycles. The monoisotopic (exact) mass is 442 g/mol. The molecule has 168 valence electrons. The molecule has 6 nitrogen and oxygen atoms in total. The standard InChI is InChI=1S/C27H26N2O4/c1-2-33-28-25(19-32-22-12-8-11-21(17-22)27(30)31)24-18-29(26-14-7-6-13-23(24)26)16-15-20-9-4-3-5-10-20/h3-14,17-18H,2,15-16,19H2,1H3,(H,30,31)/b28-25+. The van der Waals surface area contributed by atoms with Crippen LogP contribution in [0.2, 0.25) is 0 Å². The van der Waals surface area contributed by atoms with Crippen molar-refractivity contribution in [3.8, 4) is 5.75 Å². The van der Waals surface area contributed by atoms with Crippen molar-refractivity contribution in [2.45, 2.75) is 19.9 Å². The van der Waals surface area contributed by atoms with Crippen LogP contribution < -0.4 is 4.74 Å². The lowest BCUT2D eigenvalue weighted by Gasteiger charge is -2.09. The Balaban J connectivity index is 1.62. The predicted molar refractivity (Wildman–Crippen MR) is 129 cm³/mol. The average Bonchev–Trinajstić information content (AvgIpc) is 3.22. The highest BCUT2D eigenvalue weighted by atomic mass is 16.6. The summed E-state index contributed by atoms with van der Waals surface area (Å²) in [6, 6.07) is 25.0. The third-order valence-corrected chi connectivity index (χ3v) is 5.34. The lowest BCUT2D eigenvalue weighted by atomic mass is 10.1. The fourth-order valence-electron chi connectivity index (χ4n) is 3.72. The van der Waals surface area contributed by atoms with Gasteiger partial charge in [-0.3, -0.25) is 0 Å². The molecule has 33 heavy (non-hydrogen) atoms. The summed E-state index contributed by atoms with van der Waals surface area (Å²) in [7, 11) is 0. The van der Waals surface area contributed by atoms with Crippen molar-refractivity contribution < 1.29 is 19.5 Å². The molecule has 0 bridgehead atoms. The van der Waals surface area contributed by atoms with Crippen molar-refractivity contribution in [1.29, 1.82) is 0 Å². The van der Waals surface area contributed by atoms with E-state index in [1.165, 1.54) is 17.7 Å². The Kier molecular flexibility index (Phi) is 7.05. The van der Waals surface area contributed by atoms with Crippen molar-refractivity contribution in [3.05, 3.63) is 102 Å². The number of aryl methyl sites for hydroxylation is 2. The summed E-state index contributed by atoms with van der Waals surface area (Å²) in [5, 5.41) is 14.6. The Bertz CT molecular complexity index is 1260. The van der Waals surface area contributed by atoms with Gasteiger partial charge in [0.25, 0.3) is 0 Å². The number of carboxylic acids is 1. The van der Waals surface area contributed by atoms with Crippen molar-refractivity contribution in [2.24, 2.45) is 5.16 Å². The fraction of sp³-hybridized carbons (Fsp3) is 0.185. The third kappa shape index (κ3) is 5.41. The predicted octanol–water partition coefficient (Wildman–Crippen LogP) is 5.40. The molecule has 0 spiro atoms. The number of carbonyl (C=O) groups is 1. The van der Waals surface area contributed by atoms with Gasteiger partial charge < -0.3 is 19.2 Å². The molecule has 1 aromatic heterocycles. The van der Waals surface area contributed by atoms with E-state index in [0.717, 1.165) is 29.4 Å². The van der Waals surface area contributed by atoms with E-state index in [9.17, 15) is 9.90 Å². The lowest BCUT2D eigenvalue weighted by molar-refractivity contribution is 0.0696. The number of hydrogen-bond donors (Lipinski definition) is 1. The fourth-order valence-corrected chi connectivity index (χ4v) is 3.72. The zero-order valence-corrected chi connectivity index (χ0v) is 18.5. The number of aromatic nitrogens is 1. The topological polar surface area (TPSA) is 73.1 Å². The molecule has 6 heteroatoms. The number of rotatable bonds is 10. The van der Waals surface area contributed by atoms with Gasteiger partial charge in [0.05, 0.1) is 5.56 Å². The van der Waals surface area contributed by atoms with Crippen LogP contribution in [0, 0.1) is 0 Å². The second-order valence-electron chi connectivity index (χ2n) is 7.57. The second kappa shape index (κ2) is 10.5. The second-order valence-corrected chi connectivity index (χ2v) is 7.57. The number of oxime groups is 1. The summed E-state index contributed by atoms with van der Waals surface area (Å²) in [5.74, 6) is -0.531. The SMILES string of the molecule is CCO/N=C(\COc1cccc(C(=O)O)c1)c1cn(CCc2ccccc2)c2ccccc12. The van der Waals surface area contributed by atoms with Gasteiger partial charge in [-0.15, -0.1) is 0 Å². The first-order valence-electron chi connectivity index (χ1n) is 10.9. The average molecular weight is 443 g/mol. The smallest absolute Gasteiger partial charge is 0.335 e. The molecule has 0 aliphatic heterocycles. The Labute approximate surface area is 192 Å². The first-order valence-corrected chi connectivity index (χ1v) is 10.9. The zero-order chi connectivity index (χ0) is 23.0. The maximum atomic E-state index is 11.3. The van der Waals surface area contributed by atoms with Gasteiger partial charge in [-0.05, 0) is 43.2 Å². The summed E-state index contributed by atoms with van der Waals surface area (Å²) in [6.07, 6.45) is 3.00. The molecule has 1 heterocycles. The lowest BCUT2D eigenvalue weighted by Crippen LogP contribution is -2.14. The number of carboxylic acid groups (broad SMARTS) is 1. The van der Waals surface area contributed by atoms with Gasteiger partial charge in [-0.25, -0.2) is 4.79 Å². The molecule has 0 aliphatic carbocycles. The Morgan fingerprint density at radius 2 is 1.79 bits per heavy atom. The van der Waals surface area contributed by atoms with Crippen molar-refractivity contribution in [2.75, 3.05) is 13.2 Å². The number of ether oxygens (including phenoxy) is 1. The zero-order valence-electron chi connectivity index (χ0n) is 18.5. The van der Waals surface area contributed by atoms with E-state index in [2.05, 4.69) is 52.3 Å². The van der Waals surface area contributed by atoms with Crippen molar-refractivity contribution in [1.82, 2.24) is 4.57 Å². The summed E-state index contributed by atoms with van der Waals surface area (Å²) < 4.78 is 8.14. The molecule has 0 amide bonds. The molecule has 0 fully saturated rings. The van der Waals surface area contributed by atoms with Crippen LogP contribution in [-0.2, 0) is 17.8 Å². The Morgan fingerprint density at radius 3 is 2.58 bits per heavy atom. The minimum absolute atomic E-state index is 0.149. The summed E-state index contributed by atoms with van der Waals surface area (Å²) in [4.78, 5) is 16.7. The molecule has 1 N–H and O–H groups in total. The molecule has 0 radical (unpaired) electrons. The van der Waals surface area contributed by atoms with Gasteiger partial charge in [0.1, 0.15) is 24.7 Å². The third-order valence-electron chi connectivity index (χ3n) is 5.34. The van der Waals surface area contributed by atoms with Crippen molar-refractivity contribution in [3.63, 3.8) is 0 Å². The first kappa shape index (κ1) is 22.1. The molecule has 4 rings (SSSR count). The highest BCUT2D eigenvalue weighted by Gasteiger charge is 2.16. The number of para-hydroxylation sites is 1. The summed E-state index contributed by atoms with van der Waals surface area (Å²) in [5.41, 5.74) is 4.14. The number of benzene rings is 3. The van der Waals surface area contributed by atoms with Crippen LogP contribution >= 0.6 is 0 Å². The number of hydrogen-bond acceptors (Lipinski definition) is 4. The summed E-state index contributed by atoms with van der Waals surface area (Å²) in [6.45, 7) is 3.29. The number of aromatic carboxylic acids is 1. The van der Waals surface area contributed by atoms with Gasteiger partial charge >= 0.3 is 5.97 Å². The molecule has 0 atom stereocenters. The minimum atomic E-state index is -0.995. The van der Waals surface area contributed by atoms with Crippen molar-refractivity contribution >= 4 is 22.6 Å². The van der Waals surface area contributed by atoms with Crippen LogP contribution in [0.25, 0.3) is 10.9 Å². The molecule has 0 unspecified atom stereocenters. The maximum Gasteiger partial charge on any atom is 0.335 e. The van der Waals surface area contributed by atoms with E-state index in [4.69, 9.17) is 9.57 Å².